The number of hydrogen-bond acceptors (Lipinski definition) is 4. The number of carbonyl (C=O) groups is 1. The Balaban J connectivity index is 1.86. The van der Waals surface area contributed by atoms with Crippen molar-refractivity contribution in [1.29, 1.82) is 0 Å². The van der Waals surface area contributed by atoms with Gasteiger partial charge in [-0.1, -0.05) is 26.3 Å². The number of carbonyl (C=O) groups excluding carboxylic acids is 1. The fourth-order valence-corrected chi connectivity index (χ4v) is 7.46. The van der Waals surface area contributed by atoms with Crippen molar-refractivity contribution in [3.05, 3.63) is 12.8 Å². The van der Waals surface area contributed by atoms with Crippen LogP contribution in [0.3, 0.4) is 0 Å². The molecule has 0 aliphatic heterocycles. The van der Waals surface area contributed by atoms with E-state index in [4.69, 9.17) is 9.47 Å². The molecule has 25 heavy (non-hydrogen) atoms. The van der Waals surface area contributed by atoms with Crippen molar-refractivity contribution in [2.75, 3.05) is 7.11 Å². The van der Waals surface area contributed by atoms with Crippen molar-refractivity contribution in [3.63, 3.8) is 0 Å². The molecule has 8 atom stereocenters. The van der Waals surface area contributed by atoms with Gasteiger partial charge in [0.05, 0.1) is 17.8 Å². The van der Waals surface area contributed by atoms with Gasteiger partial charge in [0.2, 0.25) is 6.29 Å². The molecule has 5 aliphatic carbocycles. The van der Waals surface area contributed by atoms with Gasteiger partial charge in [-0.15, -0.1) is 0 Å². The topological polar surface area (TPSA) is 55.8 Å². The molecule has 5 rings (SSSR count). The molecule has 5 saturated carbocycles. The van der Waals surface area contributed by atoms with Gasteiger partial charge in [-0.2, -0.15) is 0 Å². The summed E-state index contributed by atoms with van der Waals surface area (Å²) in [6.45, 7) is 6.06. The van der Waals surface area contributed by atoms with Crippen LogP contribution in [0, 0.1) is 34.5 Å². The first-order valence-electron chi connectivity index (χ1n) is 10.0. The lowest BCUT2D eigenvalue weighted by molar-refractivity contribution is -0.286. The van der Waals surface area contributed by atoms with E-state index in [9.17, 15) is 9.90 Å². The summed E-state index contributed by atoms with van der Waals surface area (Å²) >= 11 is 0. The fourth-order valence-electron chi connectivity index (χ4n) is 7.46. The van der Waals surface area contributed by atoms with Crippen LogP contribution in [0.4, 0.5) is 0 Å². The first kappa shape index (κ1) is 17.5. The summed E-state index contributed by atoms with van der Waals surface area (Å²) in [4.78, 5) is 13.1. The number of fused-ring (bicyclic) bond motifs is 3. The van der Waals surface area contributed by atoms with Crippen LogP contribution in [0.15, 0.2) is 12.8 Å². The van der Waals surface area contributed by atoms with Crippen molar-refractivity contribution < 1.29 is 19.4 Å². The number of rotatable bonds is 4. The van der Waals surface area contributed by atoms with E-state index in [1.807, 2.05) is 0 Å². The second-order valence-electron chi connectivity index (χ2n) is 9.07. The predicted molar refractivity (Wildman–Crippen MR) is 94.5 cm³/mol. The number of methoxy groups -OCH3 is 1. The zero-order valence-corrected chi connectivity index (χ0v) is 15.6. The van der Waals surface area contributed by atoms with Crippen molar-refractivity contribution in [2.45, 2.75) is 70.7 Å². The highest BCUT2D eigenvalue weighted by Gasteiger charge is 2.71. The summed E-state index contributed by atoms with van der Waals surface area (Å²) in [6.07, 6.45) is 8.26. The average Bonchev–Trinajstić information content (AvgIpc) is 2.61. The van der Waals surface area contributed by atoms with Crippen LogP contribution in [0.25, 0.3) is 0 Å². The van der Waals surface area contributed by atoms with Crippen molar-refractivity contribution in [2.24, 2.45) is 34.5 Å². The van der Waals surface area contributed by atoms with Crippen LogP contribution in [0.2, 0.25) is 0 Å². The summed E-state index contributed by atoms with van der Waals surface area (Å²) in [5.74, 6) is 1.80. The lowest BCUT2D eigenvalue weighted by atomic mass is 9.37. The standard InChI is InChI=1S/C21H32O4/c1-4-25-19(24-3)20-8-5-6-13(2)15(20)12-18(23)21-9-7-14(10-16(20)21)11-17(21)22/h4,13-16,18-19,23H,1,5-12H2,2-3H3. The maximum Gasteiger partial charge on any atom is 0.204 e. The molecule has 1 spiro atoms. The second kappa shape index (κ2) is 6.09. The molecule has 0 heterocycles. The van der Waals surface area contributed by atoms with Gasteiger partial charge < -0.3 is 14.6 Å². The Bertz CT molecular complexity index is 560. The molecule has 0 aromatic rings. The van der Waals surface area contributed by atoms with Gasteiger partial charge in [-0.3, -0.25) is 4.79 Å². The van der Waals surface area contributed by atoms with Gasteiger partial charge >= 0.3 is 0 Å². The van der Waals surface area contributed by atoms with Crippen molar-refractivity contribution in [1.82, 2.24) is 0 Å². The maximum atomic E-state index is 13.1. The first-order valence-corrected chi connectivity index (χ1v) is 10.0. The summed E-state index contributed by atoms with van der Waals surface area (Å²) in [7, 11) is 1.71. The SMILES string of the molecule is C=COC(OC)C12CCCC(C)C1CC(O)C13CCC(CC1=O)CC32. The van der Waals surface area contributed by atoms with Gasteiger partial charge in [-0.05, 0) is 55.8 Å². The molecule has 4 nitrogen and oxygen atoms in total. The van der Waals surface area contributed by atoms with E-state index in [1.165, 1.54) is 12.7 Å². The average molecular weight is 348 g/mol. The highest BCUT2D eigenvalue weighted by molar-refractivity contribution is 5.88. The van der Waals surface area contributed by atoms with Gasteiger partial charge in [-0.25, -0.2) is 0 Å². The molecule has 5 aliphatic rings. The van der Waals surface area contributed by atoms with E-state index in [2.05, 4.69) is 13.5 Å². The van der Waals surface area contributed by atoms with Crippen LogP contribution in [-0.4, -0.2) is 30.4 Å². The second-order valence-corrected chi connectivity index (χ2v) is 9.07. The summed E-state index contributed by atoms with van der Waals surface area (Å²) in [5.41, 5.74) is -0.752. The number of Topliss-reactive ketones (excluding diaryl/α,β-unsaturated/α-hetero) is 1. The Morgan fingerprint density at radius 3 is 2.80 bits per heavy atom. The van der Waals surface area contributed by atoms with Gasteiger partial charge in [0.15, 0.2) is 0 Å². The summed E-state index contributed by atoms with van der Waals surface area (Å²) in [6, 6.07) is 0. The highest BCUT2D eigenvalue weighted by atomic mass is 16.7. The highest BCUT2D eigenvalue weighted by Crippen LogP contribution is 2.70. The number of aliphatic hydroxyl groups excluding tert-OH is 1. The molecule has 2 bridgehead atoms. The predicted octanol–water partition coefficient (Wildman–Crippen LogP) is 3.68. The minimum absolute atomic E-state index is 0.168. The molecule has 1 N–H and O–H groups in total. The Kier molecular flexibility index (Phi) is 4.27. The third-order valence-corrected chi connectivity index (χ3v) is 8.39. The van der Waals surface area contributed by atoms with Crippen molar-refractivity contribution in [3.8, 4) is 0 Å². The van der Waals surface area contributed by atoms with Crippen LogP contribution >= 0.6 is 0 Å². The lowest BCUT2D eigenvalue weighted by Crippen LogP contribution is -2.70. The summed E-state index contributed by atoms with van der Waals surface area (Å²) in [5, 5.41) is 11.2. The Labute approximate surface area is 151 Å². The van der Waals surface area contributed by atoms with Crippen molar-refractivity contribution >= 4 is 5.78 Å². The smallest absolute Gasteiger partial charge is 0.204 e. The van der Waals surface area contributed by atoms with Gasteiger partial charge in [0.1, 0.15) is 5.78 Å². The number of hydrogen-bond donors (Lipinski definition) is 1. The minimum atomic E-state index is -0.566. The van der Waals surface area contributed by atoms with Gasteiger partial charge in [0.25, 0.3) is 0 Å². The number of aliphatic hydroxyl groups is 1. The molecule has 0 aromatic heterocycles. The normalized spacial score (nSPS) is 49.9. The summed E-state index contributed by atoms with van der Waals surface area (Å²) < 4.78 is 11.8. The van der Waals surface area contributed by atoms with Crippen LogP contribution in [0.1, 0.15) is 58.3 Å². The molecule has 8 unspecified atom stereocenters. The van der Waals surface area contributed by atoms with E-state index < -0.39 is 11.5 Å². The zero-order valence-electron chi connectivity index (χ0n) is 15.6. The van der Waals surface area contributed by atoms with E-state index in [0.29, 0.717) is 36.4 Å². The molecule has 4 heteroatoms. The van der Waals surface area contributed by atoms with Crippen LogP contribution < -0.4 is 0 Å². The molecular formula is C21H32O4. The number of ketones is 1. The van der Waals surface area contributed by atoms with E-state index in [1.54, 1.807) is 7.11 Å². The molecule has 0 saturated heterocycles. The Morgan fingerprint density at radius 1 is 1.32 bits per heavy atom. The van der Waals surface area contributed by atoms with Gasteiger partial charge in [0, 0.05) is 18.9 Å². The molecule has 0 aromatic carbocycles. The molecule has 5 fully saturated rings. The fraction of sp³-hybridized carbons (Fsp3) is 0.857. The largest absolute Gasteiger partial charge is 0.473 e. The maximum absolute atomic E-state index is 13.1. The molecule has 0 radical (unpaired) electrons. The molecule has 0 amide bonds. The van der Waals surface area contributed by atoms with E-state index in [0.717, 1.165) is 32.1 Å². The third kappa shape index (κ3) is 2.16. The third-order valence-electron chi connectivity index (χ3n) is 8.39. The van der Waals surface area contributed by atoms with Crippen LogP contribution in [-0.2, 0) is 14.3 Å². The molecule has 140 valence electrons. The Morgan fingerprint density at radius 2 is 2.12 bits per heavy atom. The quantitative estimate of drug-likeness (QED) is 0.622. The lowest BCUT2D eigenvalue weighted by Gasteiger charge is -2.67. The number of ether oxygens (including phenoxy) is 2. The minimum Gasteiger partial charge on any atom is -0.473 e. The van der Waals surface area contributed by atoms with Crippen LogP contribution in [0.5, 0.6) is 0 Å². The zero-order chi connectivity index (χ0) is 17.8. The molecular weight excluding hydrogens is 316 g/mol. The van der Waals surface area contributed by atoms with E-state index in [-0.39, 0.29) is 17.6 Å². The Hall–Kier alpha value is -0.870. The first-order chi connectivity index (χ1) is 12.0. The van der Waals surface area contributed by atoms with E-state index >= 15 is 0 Å². The monoisotopic (exact) mass is 348 g/mol.